The van der Waals surface area contributed by atoms with Gasteiger partial charge in [0, 0.05) is 52.4 Å². The van der Waals surface area contributed by atoms with Crippen LogP contribution >= 0.6 is 15.3 Å². The van der Waals surface area contributed by atoms with Gasteiger partial charge in [-0.05, 0) is 0 Å². The zero-order valence-corrected chi connectivity index (χ0v) is 19.4. The summed E-state index contributed by atoms with van der Waals surface area (Å²) in [7, 11) is -6.80. The van der Waals surface area contributed by atoms with E-state index in [1.807, 2.05) is 74.1 Å². The van der Waals surface area contributed by atoms with Gasteiger partial charge < -0.3 is 0 Å². The van der Waals surface area contributed by atoms with E-state index in [0.717, 1.165) is 0 Å². The highest BCUT2D eigenvalue weighted by Crippen LogP contribution is 2.69. The molecule has 0 atom stereocenters. The minimum atomic E-state index is -3.40. The van der Waals surface area contributed by atoms with Crippen molar-refractivity contribution in [2.75, 3.05) is 52.4 Å². The lowest BCUT2D eigenvalue weighted by atomic mass is 10.7. The summed E-state index contributed by atoms with van der Waals surface area (Å²) < 4.78 is 41.6. The van der Waals surface area contributed by atoms with Gasteiger partial charge in [-0.3, -0.25) is 9.13 Å². The van der Waals surface area contributed by atoms with Gasteiger partial charge in [0.1, 0.15) is 0 Å². The van der Waals surface area contributed by atoms with E-state index >= 15 is 0 Å². The van der Waals surface area contributed by atoms with Gasteiger partial charge in [-0.15, -0.1) is 0 Å². The summed E-state index contributed by atoms with van der Waals surface area (Å²) in [5.41, 5.74) is 0. The van der Waals surface area contributed by atoms with Crippen LogP contribution in [-0.4, -0.2) is 71.0 Å². The van der Waals surface area contributed by atoms with E-state index in [1.54, 1.807) is 0 Å². The standard InChI is InChI=1S/C16H40N4O3P2/c1-9-17(10-2)24(21,18(11-3)12-4)23-25(22,19(13-5)14-6)20(15-7)16-8/h9-16H2,1-8H3. The first-order valence-corrected chi connectivity index (χ1v) is 12.8. The van der Waals surface area contributed by atoms with E-state index in [1.165, 1.54) is 0 Å². The summed E-state index contributed by atoms with van der Waals surface area (Å²) in [6, 6.07) is 0. The van der Waals surface area contributed by atoms with Crippen molar-refractivity contribution in [2.24, 2.45) is 0 Å². The second-order valence-corrected chi connectivity index (χ2v) is 10.5. The molecule has 0 aromatic carbocycles. The largest absolute Gasteiger partial charge is 0.353 e. The quantitative estimate of drug-likeness (QED) is 0.397. The Labute approximate surface area is 155 Å². The maximum Gasteiger partial charge on any atom is 0.353 e. The molecule has 0 aromatic rings. The van der Waals surface area contributed by atoms with E-state index < -0.39 is 15.3 Å². The Kier molecular flexibility index (Phi) is 12.0. The van der Waals surface area contributed by atoms with Crippen molar-refractivity contribution in [1.82, 2.24) is 18.7 Å². The molecule has 0 unspecified atom stereocenters. The molecule has 25 heavy (non-hydrogen) atoms. The molecule has 152 valence electrons. The van der Waals surface area contributed by atoms with E-state index in [2.05, 4.69) is 0 Å². The lowest BCUT2D eigenvalue weighted by molar-refractivity contribution is 0.245. The third-order valence-corrected chi connectivity index (χ3v) is 11.4. The summed E-state index contributed by atoms with van der Waals surface area (Å²) in [5.74, 6) is 0. The molecular formula is C16H40N4O3P2. The fraction of sp³-hybridized carbons (Fsp3) is 1.00. The lowest BCUT2D eigenvalue weighted by Crippen LogP contribution is -2.37. The van der Waals surface area contributed by atoms with Crippen molar-refractivity contribution < 1.29 is 13.4 Å². The van der Waals surface area contributed by atoms with Crippen LogP contribution in [0.15, 0.2) is 0 Å². The van der Waals surface area contributed by atoms with Crippen LogP contribution in [0.3, 0.4) is 0 Å². The highest BCUT2D eigenvalue weighted by molar-refractivity contribution is 7.67. The summed E-state index contributed by atoms with van der Waals surface area (Å²) >= 11 is 0. The molecule has 0 aliphatic heterocycles. The van der Waals surface area contributed by atoms with Gasteiger partial charge in [0.05, 0.1) is 0 Å². The molecule has 0 N–H and O–H groups in total. The summed E-state index contributed by atoms with van der Waals surface area (Å²) in [4.78, 5) is 0. The molecule has 0 spiro atoms. The second-order valence-electron chi connectivity index (χ2n) is 5.62. The number of rotatable bonds is 14. The molecule has 0 aliphatic carbocycles. The second kappa shape index (κ2) is 11.9. The molecule has 9 heteroatoms. The van der Waals surface area contributed by atoms with Gasteiger partial charge in [0.15, 0.2) is 0 Å². The highest BCUT2D eigenvalue weighted by Gasteiger charge is 2.47. The summed E-state index contributed by atoms with van der Waals surface area (Å²) in [6.45, 7) is 20.4. The first-order valence-electron chi connectivity index (χ1n) is 9.72. The topological polar surface area (TPSA) is 56.3 Å². The molecule has 0 aromatic heterocycles. The minimum absolute atomic E-state index is 0.584. The Hall–Kier alpha value is 0.260. The highest BCUT2D eigenvalue weighted by atomic mass is 31.3. The molecule has 0 heterocycles. The van der Waals surface area contributed by atoms with Crippen LogP contribution < -0.4 is 0 Å². The third kappa shape index (κ3) is 5.62. The number of nitrogens with zero attached hydrogens (tertiary/aromatic N) is 4. The normalized spacial score (nSPS) is 13.6. The Morgan fingerprint density at radius 1 is 0.480 bits per heavy atom. The Morgan fingerprint density at radius 3 is 0.760 bits per heavy atom. The van der Waals surface area contributed by atoms with Gasteiger partial charge in [-0.2, -0.15) is 0 Å². The third-order valence-electron chi connectivity index (χ3n) is 4.56. The van der Waals surface area contributed by atoms with Crippen LogP contribution in [0.2, 0.25) is 0 Å². The zero-order valence-electron chi connectivity index (χ0n) is 17.6. The molecule has 0 amide bonds. The van der Waals surface area contributed by atoms with Gasteiger partial charge in [-0.1, -0.05) is 55.4 Å². The van der Waals surface area contributed by atoms with Crippen LogP contribution in [0.25, 0.3) is 0 Å². The van der Waals surface area contributed by atoms with Crippen LogP contribution in [0.5, 0.6) is 0 Å². The van der Waals surface area contributed by atoms with Crippen molar-refractivity contribution in [3.63, 3.8) is 0 Å². The number of hydrogen-bond donors (Lipinski definition) is 0. The van der Waals surface area contributed by atoms with E-state index in [-0.39, 0.29) is 0 Å². The monoisotopic (exact) mass is 398 g/mol. The Bertz CT molecular complexity index is 377. The van der Waals surface area contributed by atoms with Crippen LogP contribution in [0.1, 0.15) is 55.4 Å². The summed E-state index contributed by atoms with van der Waals surface area (Å²) in [5, 5.41) is 0. The number of hydrogen-bond acceptors (Lipinski definition) is 3. The minimum Gasteiger partial charge on any atom is -0.255 e. The molecule has 0 fully saturated rings. The van der Waals surface area contributed by atoms with Gasteiger partial charge in [-0.25, -0.2) is 23.0 Å². The van der Waals surface area contributed by atoms with Gasteiger partial charge in [0.25, 0.3) is 0 Å². The molecule has 0 saturated carbocycles. The van der Waals surface area contributed by atoms with Crippen LogP contribution in [0, 0.1) is 0 Å². The predicted molar refractivity (Wildman–Crippen MR) is 108 cm³/mol. The van der Waals surface area contributed by atoms with Crippen molar-refractivity contribution in [1.29, 1.82) is 0 Å². The molecule has 0 saturated heterocycles. The predicted octanol–water partition coefficient (Wildman–Crippen LogP) is 4.59. The van der Waals surface area contributed by atoms with E-state index in [9.17, 15) is 9.13 Å². The lowest BCUT2D eigenvalue weighted by Gasteiger charge is -2.43. The molecule has 0 rings (SSSR count). The van der Waals surface area contributed by atoms with Gasteiger partial charge >= 0.3 is 15.3 Å². The molecule has 0 bridgehead atoms. The first-order chi connectivity index (χ1) is 11.8. The maximum atomic E-state index is 14.0. The van der Waals surface area contributed by atoms with E-state index in [0.29, 0.717) is 52.4 Å². The fourth-order valence-corrected chi connectivity index (χ4v) is 9.36. The van der Waals surface area contributed by atoms with Crippen molar-refractivity contribution in [2.45, 2.75) is 55.4 Å². The SMILES string of the molecule is CCN(CC)P(=O)(OP(=O)(N(CC)CC)N(CC)CC)N(CC)CC. The van der Waals surface area contributed by atoms with Crippen LogP contribution in [-0.2, 0) is 13.4 Å². The molecule has 0 aliphatic rings. The van der Waals surface area contributed by atoms with E-state index in [4.69, 9.17) is 4.31 Å². The molecular weight excluding hydrogens is 358 g/mol. The zero-order chi connectivity index (χ0) is 19.7. The molecule has 7 nitrogen and oxygen atoms in total. The van der Waals surface area contributed by atoms with Gasteiger partial charge in [0.2, 0.25) is 0 Å². The summed E-state index contributed by atoms with van der Waals surface area (Å²) in [6.07, 6.45) is 0. The average Bonchev–Trinajstić information content (AvgIpc) is 2.58. The Morgan fingerprint density at radius 2 is 0.640 bits per heavy atom. The van der Waals surface area contributed by atoms with Crippen LogP contribution in [0.4, 0.5) is 0 Å². The fourth-order valence-electron chi connectivity index (χ4n) is 3.03. The van der Waals surface area contributed by atoms with Crippen molar-refractivity contribution in [3.8, 4) is 0 Å². The first kappa shape index (κ1) is 25.3. The maximum absolute atomic E-state index is 14.0. The Balaban J connectivity index is 6.24. The van der Waals surface area contributed by atoms with Crippen molar-refractivity contribution >= 4 is 15.3 Å². The molecule has 0 radical (unpaired) electrons. The average molecular weight is 398 g/mol. The smallest absolute Gasteiger partial charge is 0.255 e. The van der Waals surface area contributed by atoms with Crippen molar-refractivity contribution in [3.05, 3.63) is 0 Å².